The molecule has 7 heteroatoms. The van der Waals surface area contributed by atoms with Gasteiger partial charge >= 0.3 is 6.18 Å². The molecule has 3 aromatic rings. The summed E-state index contributed by atoms with van der Waals surface area (Å²) in [6.07, 6.45) is -1.88. The Labute approximate surface area is 138 Å². The van der Waals surface area contributed by atoms with Crippen molar-refractivity contribution < 1.29 is 13.2 Å². The smallest absolute Gasteiger partial charge is 0.292 e. The molecule has 0 spiro atoms. The minimum absolute atomic E-state index is 0.0834. The zero-order valence-electron chi connectivity index (χ0n) is 12.3. The van der Waals surface area contributed by atoms with Crippen LogP contribution in [0.3, 0.4) is 0 Å². The number of aromatic nitrogens is 2. The topological polar surface area (TPSA) is 34.9 Å². The van der Waals surface area contributed by atoms with Gasteiger partial charge in [-0.1, -0.05) is 6.07 Å². The second kappa shape index (κ2) is 5.31. The average Bonchev–Trinajstić information content (AvgIpc) is 3.17. The molecule has 0 saturated heterocycles. The molecule has 0 bridgehead atoms. The van der Waals surface area contributed by atoms with E-state index in [1.807, 2.05) is 23.6 Å². The van der Waals surface area contributed by atoms with Crippen molar-refractivity contribution in [3.05, 3.63) is 62.3 Å². The maximum Gasteiger partial charge on any atom is 0.416 e. The van der Waals surface area contributed by atoms with Crippen molar-refractivity contribution >= 4 is 33.9 Å². The number of halogens is 3. The van der Waals surface area contributed by atoms with Crippen LogP contribution in [0.25, 0.3) is 22.6 Å². The molecule has 4 rings (SSSR count). The molecule has 1 aliphatic rings. The number of nitrogens with zero attached hydrogens (tertiary/aromatic N) is 2. The standard InChI is InChI=1S/C17H11F3N2OS/c18-17(19,20)11-3-4-13-14(9-11)21-15-10(5-6-22(15)16(13)23)8-12-2-1-7-24-12/h1-4,7-9H,5-6H2/b10-8-. The van der Waals surface area contributed by atoms with Crippen LogP contribution in [-0.4, -0.2) is 9.55 Å². The Morgan fingerprint density at radius 2 is 2.08 bits per heavy atom. The van der Waals surface area contributed by atoms with Crippen molar-refractivity contribution in [3.8, 4) is 0 Å². The number of hydrogen-bond acceptors (Lipinski definition) is 3. The molecule has 0 N–H and O–H groups in total. The SMILES string of the molecule is O=c1c2ccc(C(F)(F)F)cc2nc2n1CC/C2=C/c1cccs1. The summed E-state index contributed by atoms with van der Waals surface area (Å²) in [5, 5.41) is 2.15. The maximum atomic E-state index is 12.9. The van der Waals surface area contributed by atoms with Gasteiger partial charge in [0, 0.05) is 11.4 Å². The number of rotatable bonds is 1. The zero-order chi connectivity index (χ0) is 16.9. The lowest BCUT2D eigenvalue weighted by Crippen LogP contribution is -2.21. The van der Waals surface area contributed by atoms with Crippen molar-refractivity contribution in [1.29, 1.82) is 0 Å². The van der Waals surface area contributed by atoms with E-state index in [-0.39, 0.29) is 16.5 Å². The second-order valence-electron chi connectivity index (χ2n) is 5.56. The molecular weight excluding hydrogens is 337 g/mol. The lowest BCUT2D eigenvalue weighted by atomic mass is 10.1. The normalized spacial score (nSPS) is 16.0. The first kappa shape index (κ1) is 15.1. The fraction of sp³-hybridized carbons (Fsp3) is 0.176. The summed E-state index contributed by atoms with van der Waals surface area (Å²) in [6, 6.07) is 6.94. The van der Waals surface area contributed by atoms with Crippen LogP contribution in [0.1, 0.15) is 22.7 Å². The monoisotopic (exact) mass is 348 g/mol. The second-order valence-corrected chi connectivity index (χ2v) is 6.54. The van der Waals surface area contributed by atoms with Gasteiger partial charge < -0.3 is 0 Å². The molecule has 1 aromatic carbocycles. The Morgan fingerprint density at radius 1 is 1.25 bits per heavy atom. The third-order valence-corrected chi connectivity index (χ3v) is 4.85. The van der Waals surface area contributed by atoms with Gasteiger partial charge in [0.15, 0.2) is 0 Å². The number of allylic oxidation sites excluding steroid dienone is 1. The third-order valence-electron chi connectivity index (χ3n) is 4.03. The highest BCUT2D eigenvalue weighted by Crippen LogP contribution is 2.32. The molecule has 3 heterocycles. The first-order valence-electron chi connectivity index (χ1n) is 7.30. The van der Waals surface area contributed by atoms with Gasteiger partial charge in [-0.25, -0.2) is 4.98 Å². The molecule has 0 amide bonds. The van der Waals surface area contributed by atoms with Crippen molar-refractivity contribution in [1.82, 2.24) is 9.55 Å². The molecule has 0 radical (unpaired) electrons. The van der Waals surface area contributed by atoms with Gasteiger partial charge in [0.25, 0.3) is 5.56 Å². The Morgan fingerprint density at radius 3 is 2.79 bits per heavy atom. The number of hydrogen-bond donors (Lipinski definition) is 0. The predicted octanol–water partition coefficient (Wildman–Crippen LogP) is 4.42. The van der Waals surface area contributed by atoms with Crippen LogP contribution in [0.4, 0.5) is 13.2 Å². The van der Waals surface area contributed by atoms with Crippen molar-refractivity contribution in [2.24, 2.45) is 0 Å². The van der Waals surface area contributed by atoms with Crippen LogP contribution in [0.15, 0.2) is 40.5 Å². The van der Waals surface area contributed by atoms with E-state index in [4.69, 9.17) is 0 Å². The average molecular weight is 348 g/mol. The molecule has 24 heavy (non-hydrogen) atoms. The number of fused-ring (bicyclic) bond motifs is 2. The van der Waals surface area contributed by atoms with E-state index in [0.29, 0.717) is 18.8 Å². The van der Waals surface area contributed by atoms with Gasteiger partial charge in [-0.15, -0.1) is 11.3 Å². The molecular formula is C17H11F3N2OS. The van der Waals surface area contributed by atoms with E-state index >= 15 is 0 Å². The van der Waals surface area contributed by atoms with Gasteiger partial charge in [-0.3, -0.25) is 9.36 Å². The summed E-state index contributed by atoms with van der Waals surface area (Å²) in [5.74, 6) is 0.459. The Hall–Kier alpha value is -2.41. The van der Waals surface area contributed by atoms with Gasteiger partial charge in [-0.05, 0) is 47.7 Å². The summed E-state index contributed by atoms with van der Waals surface area (Å²) in [7, 11) is 0. The number of thiophene rings is 1. The molecule has 0 unspecified atom stereocenters. The molecule has 0 fully saturated rings. The maximum absolute atomic E-state index is 12.9. The van der Waals surface area contributed by atoms with Crippen molar-refractivity contribution in [3.63, 3.8) is 0 Å². The van der Waals surface area contributed by atoms with Crippen LogP contribution in [0, 0.1) is 0 Å². The summed E-state index contributed by atoms with van der Waals surface area (Å²) in [6.45, 7) is 0.495. The summed E-state index contributed by atoms with van der Waals surface area (Å²) < 4.78 is 40.2. The molecule has 2 aromatic heterocycles. The first-order valence-corrected chi connectivity index (χ1v) is 8.18. The van der Waals surface area contributed by atoms with Crippen LogP contribution >= 0.6 is 11.3 Å². The number of benzene rings is 1. The van der Waals surface area contributed by atoms with Crippen molar-refractivity contribution in [2.75, 3.05) is 0 Å². The van der Waals surface area contributed by atoms with Crippen LogP contribution < -0.4 is 5.56 Å². The molecule has 0 aliphatic carbocycles. The highest BCUT2D eigenvalue weighted by atomic mass is 32.1. The number of alkyl halides is 3. The quantitative estimate of drug-likeness (QED) is 0.652. The van der Waals surface area contributed by atoms with E-state index in [1.165, 1.54) is 10.6 Å². The molecule has 3 nitrogen and oxygen atoms in total. The van der Waals surface area contributed by atoms with E-state index < -0.39 is 11.7 Å². The summed E-state index contributed by atoms with van der Waals surface area (Å²) >= 11 is 1.56. The summed E-state index contributed by atoms with van der Waals surface area (Å²) in [4.78, 5) is 17.9. The zero-order valence-corrected chi connectivity index (χ0v) is 13.1. The minimum atomic E-state index is -4.46. The first-order chi connectivity index (χ1) is 11.4. The Bertz CT molecular complexity index is 1020. The fourth-order valence-corrected chi connectivity index (χ4v) is 3.56. The summed E-state index contributed by atoms with van der Waals surface area (Å²) in [5.41, 5.74) is -0.138. The van der Waals surface area contributed by atoms with Crippen molar-refractivity contribution in [2.45, 2.75) is 19.1 Å². The molecule has 122 valence electrons. The van der Waals surface area contributed by atoms with E-state index in [2.05, 4.69) is 4.98 Å². The fourth-order valence-electron chi connectivity index (χ4n) is 2.88. The molecule has 0 saturated carbocycles. The van der Waals surface area contributed by atoms with E-state index in [9.17, 15) is 18.0 Å². The van der Waals surface area contributed by atoms with Gasteiger partial charge in [-0.2, -0.15) is 13.2 Å². The van der Waals surface area contributed by atoms with Crippen LogP contribution in [-0.2, 0) is 12.7 Å². The Kier molecular flexibility index (Phi) is 3.35. The van der Waals surface area contributed by atoms with Crippen LogP contribution in [0.5, 0.6) is 0 Å². The van der Waals surface area contributed by atoms with Gasteiger partial charge in [0.05, 0.1) is 16.5 Å². The van der Waals surface area contributed by atoms with E-state index in [0.717, 1.165) is 22.6 Å². The highest BCUT2D eigenvalue weighted by molar-refractivity contribution is 7.10. The van der Waals surface area contributed by atoms with E-state index in [1.54, 1.807) is 11.3 Å². The van der Waals surface area contributed by atoms with Gasteiger partial charge in [0.1, 0.15) is 5.82 Å². The lowest BCUT2D eigenvalue weighted by Gasteiger charge is -2.09. The predicted molar refractivity (Wildman–Crippen MR) is 87.8 cm³/mol. The molecule has 0 atom stereocenters. The Balaban J connectivity index is 1.92. The third kappa shape index (κ3) is 2.45. The largest absolute Gasteiger partial charge is 0.416 e. The highest BCUT2D eigenvalue weighted by Gasteiger charge is 2.31. The lowest BCUT2D eigenvalue weighted by molar-refractivity contribution is -0.137. The van der Waals surface area contributed by atoms with Gasteiger partial charge in [0.2, 0.25) is 0 Å². The molecule has 1 aliphatic heterocycles. The van der Waals surface area contributed by atoms with Crippen LogP contribution in [0.2, 0.25) is 0 Å². The minimum Gasteiger partial charge on any atom is -0.292 e.